The number of aromatic nitrogens is 1. The molecule has 0 fully saturated rings. The lowest BCUT2D eigenvalue weighted by Gasteiger charge is -2.07. The average molecular weight is 348 g/mol. The van der Waals surface area contributed by atoms with Crippen molar-refractivity contribution in [3.63, 3.8) is 0 Å². The van der Waals surface area contributed by atoms with E-state index in [1.165, 1.54) is 15.9 Å². The Morgan fingerprint density at radius 2 is 1.83 bits per heavy atom. The van der Waals surface area contributed by atoms with Crippen molar-refractivity contribution in [2.24, 2.45) is 4.99 Å². The molecule has 128 valence electrons. The minimum atomic E-state index is -0.385. The molecule has 1 aromatic heterocycles. The molecule has 0 bridgehead atoms. The molecule has 24 heavy (non-hydrogen) atoms. The molecule has 1 heterocycles. The molecule has 2 rings (SSSR count). The summed E-state index contributed by atoms with van der Waals surface area (Å²) in [4.78, 5) is 29.7. The molecule has 0 aliphatic carbocycles. The van der Waals surface area contributed by atoms with E-state index in [1.54, 1.807) is 52.1 Å². The molecule has 6 nitrogen and oxygen atoms in total. The molecule has 0 aliphatic heterocycles. The maximum atomic E-state index is 12.3. The van der Waals surface area contributed by atoms with Crippen LogP contribution >= 0.6 is 11.3 Å². The topological polar surface area (TPSA) is 69.9 Å². The van der Waals surface area contributed by atoms with Crippen molar-refractivity contribution in [2.45, 2.75) is 33.6 Å². The van der Waals surface area contributed by atoms with Gasteiger partial charge in [-0.15, -0.1) is 0 Å². The third kappa shape index (κ3) is 3.91. The van der Waals surface area contributed by atoms with E-state index in [0.29, 0.717) is 10.5 Å². The maximum Gasteiger partial charge on any atom is 0.312 e. The number of thiazole rings is 1. The summed E-state index contributed by atoms with van der Waals surface area (Å²) in [6.07, 6.45) is 0.517. The molecule has 0 radical (unpaired) electrons. The normalized spacial score (nSPS) is 11.4. The van der Waals surface area contributed by atoms with E-state index < -0.39 is 0 Å². The Kier molecular flexibility index (Phi) is 5.92. The number of benzene rings is 1. The number of carbonyl (C=O) groups is 2. The number of methoxy groups -OCH3 is 1. The van der Waals surface area contributed by atoms with Crippen LogP contribution in [0.5, 0.6) is 11.6 Å². The lowest BCUT2D eigenvalue weighted by molar-refractivity contribution is -0.134. The zero-order chi connectivity index (χ0) is 17.7. The molecular weight excluding hydrogens is 328 g/mol. The van der Waals surface area contributed by atoms with Gasteiger partial charge in [0.2, 0.25) is 11.8 Å². The number of hydrogen-bond acceptors (Lipinski definition) is 6. The van der Waals surface area contributed by atoms with Crippen LogP contribution in [-0.4, -0.2) is 23.6 Å². The van der Waals surface area contributed by atoms with Crippen molar-refractivity contribution in [2.75, 3.05) is 7.11 Å². The molecule has 7 heteroatoms. The molecule has 0 amide bonds. The average Bonchev–Trinajstić information content (AvgIpc) is 2.90. The highest BCUT2D eigenvalue weighted by atomic mass is 32.1. The first-order chi connectivity index (χ1) is 11.5. The van der Waals surface area contributed by atoms with Gasteiger partial charge in [0.05, 0.1) is 17.7 Å². The molecule has 1 aromatic carbocycles. The summed E-state index contributed by atoms with van der Waals surface area (Å²) >= 11 is 1.31. The number of ether oxygens (including phenoxy) is 2. The van der Waals surface area contributed by atoms with Crippen LogP contribution in [0.1, 0.15) is 36.4 Å². The quantitative estimate of drug-likeness (QED) is 0.776. The summed E-state index contributed by atoms with van der Waals surface area (Å²) in [5.41, 5.74) is 0.683. The van der Waals surface area contributed by atoms with Gasteiger partial charge < -0.3 is 9.47 Å². The summed E-state index contributed by atoms with van der Waals surface area (Å²) in [5, 5.41) is 0. The van der Waals surface area contributed by atoms with E-state index in [2.05, 4.69) is 4.99 Å². The predicted octanol–water partition coefficient (Wildman–Crippen LogP) is 3.46. The van der Waals surface area contributed by atoms with Gasteiger partial charge in [0, 0.05) is 12.8 Å². The molecule has 0 saturated carbocycles. The fourth-order valence-electron chi connectivity index (χ4n) is 1.99. The summed E-state index contributed by atoms with van der Waals surface area (Å²) in [7, 11) is 1.59. The molecule has 0 spiro atoms. The van der Waals surface area contributed by atoms with Crippen molar-refractivity contribution >= 4 is 28.9 Å². The molecule has 2 aromatic rings. The Balaban J connectivity index is 2.55. The Morgan fingerprint density at radius 3 is 2.38 bits per heavy atom. The van der Waals surface area contributed by atoms with Gasteiger partial charge in [0.15, 0.2) is 4.80 Å². The number of rotatable bonds is 5. The summed E-state index contributed by atoms with van der Waals surface area (Å²) in [6.45, 7) is 5.26. The number of esters is 1. The van der Waals surface area contributed by atoms with Gasteiger partial charge in [0.1, 0.15) is 5.75 Å². The third-order valence-corrected chi connectivity index (χ3v) is 4.23. The molecular formula is C17H20N2O4S. The Labute approximate surface area is 144 Å². The van der Waals surface area contributed by atoms with Crippen molar-refractivity contribution in [1.29, 1.82) is 0 Å². The molecule has 0 N–H and O–H groups in total. The lowest BCUT2D eigenvalue weighted by atomic mass is 10.3. The largest absolute Gasteiger partial charge is 0.497 e. The van der Waals surface area contributed by atoms with Gasteiger partial charge >= 0.3 is 5.97 Å². The van der Waals surface area contributed by atoms with Crippen molar-refractivity contribution in [3.8, 4) is 11.6 Å². The van der Waals surface area contributed by atoms with Crippen molar-refractivity contribution < 1.29 is 19.1 Å². The first kappa shape index (κ1) is 17.9. The smallest absolute Gasteiger partial charge is 0.312 e. The van der Waals surface area contributed by atoms with Gasteiger partial charge in [-0.2, -0.15) is 0 Å². The van der Waals surface area contributed by atoms with E-state index in [4.69, 9.17) is 9.47 Å². The second kappa shape index (κ2) is 7.92. The number of carbonyl (C=O) groups excluding carboxylic acids is 2. The van der Waals surface area contributed by atoms with E-state index in [9.17, 15) is 9.59 Å². The van der Waals surface area contributed by atoms with Crippen LogP contribution < -0.4 is 14.3 Å². The highest BCUT2D eigenvalue weighted by Gasteiger charge is 2.19. The standard InChI is InChI=1S/C17H20N2O4S/c1-5-14(20)19-16(23-15(21)6-2)11(3)24-17(19)18-12-7-9-13(22-4)10-8-12/h7-10H,5-6H2,1-4H3. The van der Waals surface area contributed by atoms with Crippen LogP contribution in [0.2, 0.25) is 0 Å². The Morgan fingerprint density at radius 1 is 1.17 bits per heavy atom. The number of nitrogens with zero attached hydrogens (tertiary/aromatic N) is 2. The predicted molar refractivity (Wildman–Crippen MR) is 92.1 cm³/mol. The zero-order valence-corrected chi connectivity index (χ0v) is 15.0. The van der Waals surface area contributed by atoms with Crippen molar-refractivity contribution in [1.82, 2.24) is 4.57 Å². The number of aryl methyl sites for hydroxylation is 1. The maximum absolute atomic E-state index is 12.3. The van der Waals surface area contributed by atoms with E-state index in [1.807, 2.05) is 0 Å². The van der Waals surface area contributed by atoms with Gasteiger partial charge in [-0.25, -0.2) is 9.56 Å². The first-order valence-electron chi connectivity index (χ1n) is 7.65. The van der Waals surface area contributed by atoms with Gasteiger partial charge in [0.25, 0.3) is 0 Å². The molecule has 0 unspecified atom stereocenters. The van der Waals surface area contributed by atoms with Crippen LogP contribution in [0.15, 0.2) is 29.3 Å². The fraction of sp³-hybridized carbons (Fsp3) is 0.353. The van der Waals surface area contributed by atoms with Crippen LogP contribution in [-0.2, 0) is 4.79 Å². The van der Waals surface area contributed by atoms with Crippen LogP contribution in [0, 0.1) is 6.92 Å². The number of hydrogen-bond donors (Lipinski definition) is 0. The molecule has 0 saturated heterocycles. The summed E-state index contributed by atoms with van der Waals surface area (Å²) in [5.74, 6) is 0.424. The summed E-state index contributed by atoms with van der Waals surface area (Å²) in [6, 6.07) is 7.19. The first-order valence-corrected chi connectivity index (χ1v) is 8.46. The fourth-order valence-corrected chi connectivity index (χ4v) is 2.91. The Hall–Kier alpha value is -2.41. The van der Waals surface area contributed by atoms with Gasteiger partial charge in [-0.05, 0) is 31.2 Å². The SMILES string of the molecule is CCC(=O)Oc1c(C)sc(=Nc2ccc(OC)cc2)n1C(=O)CC. The van der Waals surface area contributed by atoms with Crippen LogP contribution in [0.25, 0.3) is 0 Å². The van der Waals surface area contributed by atoms with Crippen molar-refractivity contribution in [3.05, 3.63) is 33.9 Å². The van der Waals surface area contributed by atoms with E-state index >= 15 is 0 Å². The van der Waals surface area contributed by atoms with Crippen LogP contribution in [0.3, 0.4) is 0 Å². The van der Waals surface area contributed by atoms with Gasteiger partial charge in [-0.3, -0.25) is 9.59 Å². The Bertz CT molecular complexity index is 803. The highest BCUT2D eigenvalue weighted by molar-refractivity contribution is 7.09. The highest BCUT2D eigenvalue weighted by Crippen LogP contribution is 2.23. The minimum absolute atomic E-state index is 0.175. The molecule has 0 aliphatic rings. The monoisotopic (exact) mass is 348 g/mol. The lowest BCUT2D eigenvalue weighted by Crippen LogP contribution is -2.24. The molecule has 0 atom stereocenters. The zero-order valence-electron chi connectivity index (χ0n) is 14.2. The van der Waals surface area contributed by atoms with Gasteiger partial charge in [-0.1, -0.05) is 25.2 Å². The van der Waals surface area contributed by atoms with E-state index in [-0.39, 0.29) is 30.6 Å². The summed E-state index contributed by atoms with van der Waals surface area (Å²) < 4.78 is 11.8. The second-order valence-electron chi connectivity index (χ2n) is 4.97. The minimum Gasteiger partial charge on any atom is -0.497 e. The van der Waals surface area contributed by atoms with E-state index in [0.717, 1.165) is 10.6 Å². The second-order valence-corrected chi connectivity index (χ2v) is 6.15. The van der Waals surface area contributed by atoms with Crippen LogP contribution in [0.4, 0.5) is 5.69 Å². The third-order valence-electron chi connectivity index (χ3n) is 3.29.